The van der Waals surface area contributed by atoms with Crippen LogP contribution < -0.4 is 10.6 Å². The molecular weight excluding hydrogens is 403 g/mol. The van der Waals surface area contributed by atoms with Crippen LogP contribution in [0.4, 0.5) is 10.5 Å². The number of aromatic hydroxyl groups is 1. The number of urea groups is 1. The van der Waals surface area contributed by atoms with Crippen molar-refractivity contribution in [3.05, 3.63) is 28.3 Å². The lowest BCUT2D eigenvalue weighted by molar-refractivity contribution is -0.00494. The molecule has 1 fully saturated rings. The minimum absolute atomic E-state index is 0.00968. The Morgan fingerprint density at radius 1 is 1.35 bits per heavy atom. The largest absolute Gasteiger partial charge is 0.504 e. The molecule has 2 amide bonds. The number of phenols is 1. The lowest BCUT2D eigenvalue weighted by Gasteiger charge is -2.37. The second-order valence-electron chi connectivity index (χ2n) is 6.54. The van der Waals surface area contributed by atoms with Gasteiger partial charge in [-0.15, -0.1) is 0 Å². The number of ether oxygens (including phenoxy) is 1. The van der Waals surface area contributed by atoms with Crippen LogP contribution in [0, 0.1) is 0 Å². The van der Waals surface area contributed by atoms with E-state index in [0.29, 0.717) is 11.5 Å². The van der Waals surface area contributed by atoms with Crippen molar-refractivity contribution in [3.63, 3.8) is 0 Å². The fourth-order valence-corrected chi connectivity index (χ4v) is 5.21. The number of halogens is 2. The number of nitrogens with one attached hydrogen (secondary N) is 2. The number of anilines is 1. The third-order valence-electron chi connectivity index (χ3n) is 4.50. The Morgan fingerprint density at radius 3 is 2.58 bits per heavy atom. The number of phenolic OH excluding ortho intramolecular Hbond substituents is 1. The fraction of sp³-hybridized carbons (Fsp3) is 0.438. The van der Waals surface area contributed by atoms with Gasteiger partial charge in [-0.25, -0.2) is 13.2 Å². The van der Waals surface area contributed by atoms with Gasteiger partial charge in [0.05, 0.1) is 30.0 Å². The molecular formula is C16H18Cl2N2O5S. The van der Waals surface area contributed by atoms with Crippen molar-refractivity contribution in [2.75, 3.05) is 18.5 Å². The number of carbonyl (C=O) groups excluding carboxylic acids is 1. The van der Waals surface area contributed by atoms with Crippen molar-refractivity contribution >= 4 is 44.8 Å². The molecule has 1 aliphatic carbocycles. The van der Waals surface area contributed by atoms with Gasteiger partial charge >= 0.3 is 6.03 Å². The van der Waals surface area contributed by atoms with Gasteiger partial charge in [-0.2, -0.15) is 0 Å². The van der Waals surface area contributed by atoms with Crippen molar-refractivity contribution in [2.45, 2.75) is 35.4 Å². The molecule has 1 aromatic carbocycles. The zero-order valence-electron chi connectivity index (χ0n) is 13.9. The molecule has 0 radical (unpaired) electrons. The zero-order valence-corrected chi connectivity index (χ0v) is 16.2. The predicted molar refractivity (Wildman–Crippen MR) is 98.6 cm³/mol. The summed E-state index contributed by atoms with van der Waals surface area (Å²) in [5.41, 5.74) is -0.0626. The summed E-state index contributed by atoms with van der Waals surface area (Å²) in [4.78, 5) is 11.7. The molecule has 1 aliphatic heterocycles. The monoisotopic (exact) mass is 420 g/mol. The van der Waals surface area contributed by atoms with E-state index in [1.54, 1.807) is 0 Å². The average Bonchev–Trinajstić information content (AvgIpc) is 2.92. The smallest absolute Gasteiger partial charge is 0.319 e. The van der Waals surface area contributed by atoms with Gasteiger partial charge in [0.2, 0.25) is 0 Å². The van der Waals surface area contributed by atoms with E-state index in [4.69, 9.17) is 27.9 Å². The van der Waals surface area contributed by atoms with Gasteiger partial charge < -0.3 is 20.5 Å². The van der Waals surface area contributed by atoms with Gasteiger partial charge in [0, 0.05) is 5.03 Å². The number of hydrogen-bond acceptors (Lipinski definition) is 5. The molecule has 10 heteroatoms. The van der Waals surface area contributed by atoms with Crippen LogP contribution in [0.3, 0.4) is 0 Å². The SMILES string of the molecule is CC1(S(=O)(=O)c2c(Cl)ccc(NC(=O)N[C@@H]3CCC=C3Cl)c2O)COC1. The van der Waals surface area contributed by atoms with Crippen molar-refractivity contribution < 1.29 is 23.1 Å². The lowest BCUT2D eigenvalue weighted by Crippen LogP contribution is -2.53. The van der Waals surface area contributed by atoms with Crippen LogP contribution in [-0.4, -0.2) is 43.6 Å². The normalized spacial score (nSPS) is 21.7. The first-order chi connectivity index (χ1) is 12.2. The second-order valence-corrected chi connectivity index (χ2v) is 9.78. The standard InChI is InChI=1S/C16H18Cl2N2O5S/c1-16(7-25-8-16)26(23,24)14-10(18)5-6-12(13(14)21)20-15(22)19-11-4-2-3-9(11)17/h3,5-6,11,21H,2,4,7-8H2,1H3,(H2,19,20,22)/t11-/m1/s1. The average molecular weight is 421 g/mol. The quantitative estimate of drug-likeness (QED) is 0.649. The predicted octanol–water partition coefficient (Wildman–Crippen LogP) is 3.01. The van der Waals surface area contributed by atoms with E-state index >= 15 is 0 Å². The van der Waals surface area contributed by atoms with E-state index in [1.165, 1.54) is 19.1 Å². The maximum absolute atomic E-state index is 12.9. The van der Waals surface area contributed by atoms with Gasteiger partial charge in [0.1, 0.15) is 9.64 Å². The van der Waals surface area contributed by atoms with Gasteiger partial charge in [0.25, 0.3) is 0 Å². The minimum atomic E-state index is -3.96. The third kappa shape index (κ3) is 3.26. The highest BCUT2D eigenvalue weighted by molar-refractivity contribution is 7.93. The molecule has 0 unspecified atom stereocenters. The molecule has 26 heavy (non-hydrogen) atoms. The highest BCUT2D eigenvalue weighted by Gasteiger charge is 2.49. The molecule has 0 spiro atoms. The summed E-state index contributed by atoms with van der Waals surface area (Å²) in [6, 6.07) is 1.74. The van der Waals surface area contributed by atoms with Crippen LogP contribution in [0.15, 0.2) is 28.1 Å². The number of allylic oxidation sites excluding steroid dienone is 1. The molecule has 142 valence electrons. The van der Waals surface area contributed by atoms with Gasteiger partial charge in [-0.05, 0) is 31.9 Å². The molecule has 1 aromatic rings. The molecule has 3 N–H and O–H groups in total. The maximum Gasteiger partial charge on any atom is 0.319 e. The number of hydrogen-bond donors (Lipinski definition) is 3. The van der Waals surface area contributed by atoms with Gasteiger partial charge in [-0.3, -0.25) is 0 Å². The summed E-state index contributed by atoms with van der Waals surface area (Å²) in [7, 11) is -3.96. The number of rotatable bonds is 4. The van der Waals surface area contributed by atoms with Gasteiger partial charge in [-0.1, -0.05) is 29.3 Å². The Balaban J connectivity index is 1.86. The second kappa shape index (κ2) is 6.92. The molecule has 3 rings (SSSR count). The third-order valence-corrected chi connectivity index (χ3v) is 7.83. The molecule has 1 heterocycles. The number of sulfone groups is 1. The topological polar surface area (TPSA) is 105 Å². The van der Waals surface area contributed by atoms with Crippen molar-refractivity contribution in [1.29, 1.82) is 0 Å². The van der Waals surface area contributed by atoms with Crippen LogP contribution >= 0.6 is 23.2 Å². The Labute approximate surface area is 161 Å². The van der Waals surface area contributed by atoms with Crippen LogP contribution in [0.1, 0.15) is 19.8 Å². The highest BCUT2D eigenvalue weighted by Crippen LogP contribution is 2.43. The summed E-state index contributed by atoms with van der Waals surface area (Å²) in [6.45, 7) is 1.54. The van der Waals surface area contributed by atoms with Crippen LogP contribution in [-0.2, 0) is 14.6 Å². The lowest BCUT2D eigenvalue weighted by atomic mass is 10.1. The Bertz CT molecular complexity index is 881. The molecule has 0 saturated carbocycles. The summed E-state index contributed by atoms with van der Waals surface area (Å²) >= 11 is 12.0. The van der Waals surface area contributed by atoms with Crippen LogP contribution in [0.2, 0.25) is 5.02 Å². The van der Waals surface area contributed by atoms with E-state index in [-0.39, 0.29) is 30.0 Å². The summed E-state index contributed by atoms with van der Waals surface area (Å²) < 4.78 is 29.6. The Hall–Kier alpha value is -1.48. The molecule has 7 nitrogen and oxygen atoms in total. The van der Waals surface area contributed by atoms with E-state index in [2.05, 4.69) is 10.6 Å². The molecule has 0 bridgehead atoms. The summed E-state index contributed by atoms with van der Waals surface area (Å²) in [5.74, 6) is -0.603. The fourth-order valence-electron chi connectivity index (χ4n) is 2.82. The van der Waals surface area contributed by atoms with Crippen LogP contribution in [0.25, 0.3) is 0 Å². The highest BCUT2D eigenvalue weighted by atomic mass is 35.5. The first-order valence-electron chi connectivity index (χ1n) is 7.92. The van der Waals surface area contributed by atoms with Crippen LogP contribution in [0.5, 0.6) is 5.75 Å². The van der Waals surface area contributed by atoms with Crippen molar-refractivity contribution in [1.82, 2.24) is 5.32 Å². The molecule has 1 saturated heterocycles. The number of benzene rings is 1. The maximum atomic E-state index is 12.9. The first kappa shape index (κ1) is 19.3. The number of carbonyl (C=O) groups is 1. The summed E-state index contributed by atoms with van der Waals surface area (Å²) in [5, 5.41) is 16.0. The first-order valence-corrected chi connectivity index (χ1v) is 10.2. The summed E-state index contributed by atoms with van der Waals surface area (Å²) in [6.07, 6.45) is 3.26. The van der Waals surface area contributed by atoms with Crippen molar-refractivity contribution in [3.8, 4) is 5.75 Å². The Morgan fingerprint density at radius 2 is 2.04 bits per heavy atom. The zero-order chi connectivity index (χ0) is 19.1. The number of amides is 2. The van der Waals surface area contributed by atoms with Crippen molar-refractivity contribution in [2.24, 2.45) is 0 Å². The van der Waals surface area contributed by atoms with Gasteiger partial charge in [0.15, 0.2) is 15.6 Å². The van der Waals surface area contributed by atoms with E-state index in [1.807, 2.05) is 6.08 Å². The molecule has 2 aliphatic rings. The van der Waals surface area contributed by atoms with E-state index < -0.39 is 31.3 Å². The molecule has 0 aromatic heterocycles. The molecule has 1 atom stereocenters. The Kier molecular flexibility index (Phi) is 5.13. The minimum Gasteiger partial charge on any atom is -0.504 e. The van der Waals surface area contributed by atoms with E-state index in [0.717, 1.165) is 6.42 Å². The van der Waals surface area contributed by atoms with E-state index in [9.17, 15) is 18.3 Å².